The van der Waals surface area contributed by atoms with Crippen molar-refractivity contribution in [2.45, 2.75) is 20.0 Å². The van der Waals surface area contributed by atoms with Gasteiger partial charge in [0.1, 0.15) is 12.4 Å². The van der Waals surface area contributed by atoms with Crippen LogP contribution in [0.4, 0.5) is 0 Å². The summed E-state index contributed by atoms with van der Waals surface area (Å²) < 4.78 is 6.51. The Morgan fingerprint density at radius 2 is 1.47 bits per heavy atom. The Hall–Kier alpha value is -3.22. The van der Waals surface area contributed by atoms with Gasteiger partial charge in [0, 0.05) is 30.6 Å². The second-order valence-electron chi connectivity index (χ2n) is 7.78. The third-order valence-corrected chi connectivity index (χ3v) is 6.99. The van der Waals surface area contributed by atoms with Gasteiger partial charge in [-0.1, -0.05) is 106 Å². The van der Waals surface area contributed by atoms with Crippen LogP contribution in [0.3, 0.4) is 0 Å². The maximum atomic E-state index is 6.51. The van der Waals surface area contributed by atoms with E-state index in [0.29, 0.717) is 15.2 Å². The first kappa shape index (κ1) is 22.0. The zero-order valence-corrected chi connectivity index (χ0v) is 19.6. The predicted octanol–water partition coefficient (Wildman–Crippen LogP) is 5.84. The number of aliphatic imine (C=N–C) groups is 1. The number of benzene rings is 4. The Morgan fingerprint density at radius 1 is 0.781 bits per heavy atom. The first-order valence-electron chi connectivity index (χ1n) is 10.9. The number of ether oxygens (including phenoxy) is 1. The molecule has 0 aliphatic carbocycles. The molecule has 0 saturated heterocycles. The molecule has 4 rings (SSSR count). The van der Waals surface area contributed by atoms with Crippen LogP contribution < -0.4 is 15.3 Å². The highest BCUT2D eigenvalue weighted by molar-refractivity contribution is 7.56. The van der Waals surface area contributed by atoms with Crippen molar-refractivity contribution < 1.29 is 4.74 Å². The summed E-state index contributed by atoms with van der Waals surface area (Å²) in [6.45, 7) is 2.73. The van der Waals surface area contributed by atoms with Crippen LogP contribution in [0, 0.1) is 6.92 Å². The van der Waals surface area contributed by atoms with Gasteiger partial charge in [-0.05, 0) is 34.5 Å². The molecule has 0 saturated carbocycles. The summed E-state index contributed by atoms with van der Waals surface area (Å²) in [4.78, 5) is 4.27. The average molecular weight is 438 g/mol. The van der Waals surface area contributed by atoms with Crippen LogP contribution in [0.15, 0.2) is 102 Å². The Balaban J connectivity index is 1.72. The van der Waals surface area contributed by atoms with Crippen molar-refractivity contribution in [1.29, 1.82) is 0 Å². The van der Waals surface area contributed by atoms with E-state index in [1.165, 1.54) is 38.4 Å². The van der Waals surface area contributed by atoms with Crippen LogP contribution in [0.2, 0.25) is 0 Å². The Bertz CT molecular complexity index is 1190. The molecule has 0 N–H and O–H groups in total. The van der Waals surface area contributed by atoms with Crippen LogP contribution >= 0.6 is 8.58 Å². The number of para-hydroxylation sites is 1. The summed E-state index contributed by atoms with van der Waals surface area (Å²) in [5, 5.41) is 2.55. The quantitative estimate of drug-likeness (QED) is 0.251. The molecule has 3 heteroatoms. The lowest BCUT2D eigenvalue weighted by Crippen LogP contribution is -2.15. The smallest absolute Gasteiger partial charge is 0.131 e. The van der Waals surface area contributed by atoms with E-state index >= 15 is 0 Å². The molecular formula is C29H28NOP. The largest absolute Gasteiger partial charge is 0.488 e. The minimum Gasteiger partial charge on any atom is -0.488 e. The zero-order chi connectivity index (χ0) is 22.2. The molecule has 0 heterocycles. The van der Waals surface area contributed by atoms with Gasteiger partial charge in [0.2, 0.25) is 0 Å². The Kier molecular flexibility index (Phi) is 7.48. The van der Waals surface area contributed by atoms with Crippen LogP contribution in [0.5, 0.6) is 5.75 Å². The number of nitrogens with zero attached hydrogens (tertiary/aromatic N) is 1. The van der Waals surface area contributed by atoms with Crippen molar-refractivity contribution in [1.82, 2.24) is 0 Å². The molecule has 32 heavy (non-hydrogen) atoms. The van der Waals surface area contributed by atoms with E-state index in [2.05, 4.69) is 103 Å². The van der Waals surface area contributed by atoms with Crippen molar-refractivity contribution >= 4 is 25.4 Å². The second-order valence-corrected chi connectivity index (χ2v) is 9.07. The number of aryl methyl sites for hydroxylation is 1. The monoisotopic (exact) mass is 437 g/mol. The maximum absolute atomic E-state index is 6.51. The average Bonchev–Trinajstić information content (AvgIpc) is 2.82. The van der Waals surface area contributed by atoms with Gasteiger partial charge < -0.3 is 4.74 Å². The predicted molar refractivity (Wildman–Crippen MR) is 139 cm³/mol. The lowest BCUT2D eigenvalue weighted by molar-refractivity contribution is 0.306. The lowest BCUT2D eigenvalue weighted by atomic mass is 10.0. The van der Waals surface area contributed by atoms with E-state index < -0.39 is 0 Å². The first-order valence-corrected chi connectivity index (χ1v) is 11.9. The van der Waals surface area contributed by atoms with E-state index in [1.807, 2.05) is 19.3 Å². The Morgan fingerprint density at radius 3 is 2.19 bits per heavy atom. The molecule has 0 aliphatic rings. The molecular weight excluding hydrogens is 409 g/mol. The normalized spacial score (nSPS) is 11.4. The van der Waals surface area contributed by atoms with E-state index in [9.17, 15) is 0 Å². The molecule has 1 unspecified atom stereocenters. The highest BCUT2D eigenvalue weighted by atomic mass is 31.1. The molecule has 160 valence electrons. The fourth-order valence-electron chi connectivity index (χ4n) is 3.78. The van der Waals surface area contributed by atoms with Gasteiger partial charge in [-0.2, -0.15) is 0 Å². The highest BCUT2D eigenvalue weighted by Gasteiger charge is 2.14. The summed E-state index contributed by atoms with van der Waals surface area (Å²) in [5.41, 5.74) is 6.13. The van der Waals surface area contributed by atoms with Crippen LogP contribution in [0.1, 0.15) is 27.8 Å². The highest BCUT2D eigenvalue weighted by Crippen LogP contribution is 2.28. The fourth-order valence-corrected chi connectivity index (χ4v) is 5.15. The maximum Gasteiger partial charge on any atom is 0.131 e. The number of hydrogen-bond donors (Lipinski definition) is 0. The molecule has 0 spiro atoms. The molecule has 0 amide bonds. The summed E-state index contributed by atoms with van der Waals surface area (Å²) in [6.07, 6.45) is 2.80. The molecule has 0 aromatic heterocycles. The molecule has 0 aliphatic heterocycles. The van der Waals surface area contributed by atoms with Gasteiger partial charge in [0.15, 0.2) is 0 Å². The molecule has 0 bridgehead atoms. The molecule has 0 radical (unpaired) electrons. The van der Waals surface area contributed by atoms with E-state index in [4.69, 9.17) is 4.74 Å². The second kappa shape index (κ2) is 10.9. The SMILES string of the molecule is CN=Cc1cccc(C)c1Pc1cccc(Cc2ccccc2)c1OCc1ccccc1. The topological polar surface area (TPSA) is 21.6 Å². The minimum absolute atomic E-state index is 0.491. The summed E-state index contributed by atoms with van der Waals surface area (Å²) in [7, 11) is 2.31. The lowest BCUT2D eigenvalue weighted by Gasteiger charge is -2.18. The van der Waals surface area contributed by atoms with Crippen molar-refractivity contribution in [2.24, 2.45) is 4.99 Å². The van der Waals surface area contributed by atoms with Crippen LogP contribution in [0.25, 0.3) is 0 Å². The summed E-state index contributed by atoms with van der Waals surface area (Å²) in [5.74, 6) is 1.00. The fraction of sp³-hybridized carbons (Fsp3) is 0.138. The zero-order valence-electron chi connectivity index (χ0n) is 18.6. The molecule has 2 nitrogen and oxygen atoms in total. The van der Waals surface area contributed by atoms with Gasteiger partial charge in [0.25, 0.3) is 0 Å². The van der Waals surface area contributed by atoms with Crippen molar-refractivity contribution in [3.63, 3.8) is 0 Å². The first-order chi connectivity index (χ1) is 15.7. The minimum atomic E-state index is 0.491. The number of rotatable bonds is 8. The van der Waals surface area contributed by atoms with Crippen LogP contribution in [-0.4, -0.2) is 13.3 Å². The molecule has 4 aromatic rings. The summed E-state index contributed by atoms with van der Waals surface area (Å²) >= 11 is 0. The van der Waals surface area contributed by atoms with Crippen molar-refractivity contribution in [3.8, 4) is 5.75 Å². The number of hydrogen-bond acceptors (Lipinski definition) is 2. The Labute approximate surface area is 192 Å². The third kappa shape index (κ3) is 5.52. The van der Waals surface area contributed by atoms with Crippen LogP contribution in [-0.2, 0) is 13.0 Å². The van der Waals surface area contributed by atoms with E-state index in [1.54, 1.807) is 0 Å². The molecule has 0 fully saturated rings. The van der Waals surface area contributed by atoms with Gasteiger partial charge >= 0.3 is 0 Å². The molecule has 4 aromatic carbocycles. The summed E-state index contributed by atoms with van der Waals surface area (Å²) in [6, 6.07) is 33.9. The van der Waals surface area contributed by atoms with Crippen molar-refractivity contribution in [2.75, 3.05) is 7.05 Å². The standard InChI is InChI=1S/C29H28NOP/c1-22-11-9-17-26(20-30-2)29(22)32-27-18-10-16-25(19-23-12-5-3-6-13-23)28(27)31-21-24-14-7-4-8-15-24/h3-18,20,32H,19,21H2,1-2H3. The van der Waals surface area contributed by atoms with E-state index in [-0.39, 0.29) is 0 Å². The van der Waals surface area contributed by atoms with Crippen molar-refractivity contribution in [3.05, 3.63) is 125 Å². The van der Waals surface area contributed by atoms with E-state index in [0.717, 1.165) is 12.2 Å². The van der Waals surface area contributed by atoms with Gasteiger partial charge in [-0.3, -0.25) is 4.99 Å². The van der Waals surface area contributed by atoms with Gasteiger partial charge in [-0.15, -0.1) is 0 Å². The molecule has 1 atom stereocenters. The van der Waals surface area contributed by atoms with Gasteiger partial charge in [-0.25, -0.2) is 0 Å². The third-order valence-electron chi connectivity index (χ3n) is 5.39. The van der Waals surface area contributed by atoms with Gasteiger partial charge in [0.05, 0.1) is 0 Å².